The lowest BCUT2D eigenvalue weighted by Crippen LogP contribution is -2.63. The molecule has 0 radical (unpaired) electrons. The lowest BCUT2D eigenvalue weighted by molar-refractivity contribution is -0.180. The van der Waals surface area contributed by atoms with E-state index in [1.54, 1.807) is 11.0 Å². The Hall–Kier alpha value is -2.10. The Balaban J connectivity index is 1.65. The van der Waals surface area contributed by atoms with Gasteiger partial charge in [-0.25, -0.2) is 0 Å². The molecule has 5 aliphatic rings. The molecule has 5 aliphatic carbocycles. The average Bonchev–Trinajstić information content (AvgIpc) is 2.83. The van der Waals surface area contributed by atoms with Crippen molar-refractivity contribution in [3.05, 3.63) is 46.3 Å². The van der Waals surface area contributed by atoms with Crippen LogP contribution in [0.25, 0.3) is 0 Å². The fourth-order valence-corrected chi connectivity index (χ4v) is 9.76. The van der Waals surface area contributed by atoms with E-state index >= 15 is 0 Å². The topological polar surface area (TPSA) is 57.6 Å². The number of aliphatic hydroxyl groups excluding tert-OH is 1. The number of nitrogens with zero attached hydrogens (tertiary/aromatic N) is 1. The highest BCUT2D eigenvalue weighted by Crippen LogP contribution is 2.76. The van der Waals surface area contributed by atoms with Crippen LogP contribution in [-0.4, -0.2) is 35.8 Å². The zero-order valence-electron chi connectivity index (χ0n) is 23.7. The Bertz CT molecular complexity index is 1170. The van der Waals surface area contributed by atoms with Gasteiger partial charge in [-0.3, -0.25) is 9.59 Å². The molecule has 1 N–H and O–H groups in total. The smallest absolute Gasteiger partial charge is 0.227 e. The van der Waals surface area contributed by atoms with Crippen LogP contribution in [0.4, 0.5) is 0 Å². The number of carbonyl (C=O) groups is 2. The molecule has 0 unspecified atom stereocenters. The SMILES string of the molecule is CC[C@@]12CC[C@@]3(C)C4=CC(=O)C(O)=C(C)C4=CC=C3[C@@]1(C)CC[C@@]1(C)CC[C@@](C)(C(=O)N(C)C)C[C@H]12. The molecule has 0 aromatic rings. The highest BCUT2D eigenvalue weighted by Gasteiger charge is 2.68. The quantitative estimate of drug-likeness (QED) is 0.448. The van der Waals surface area contributed by atoms with Crippen molar-refractivity contribution in [3.63, 3.8) is 0 Å². The molecule has 0 aliphatic heterocycles. The molecule has 0 spiro atoms. The van der Waals surface area contributed by atoms with Crippen LogP contribution in [0.1, 0.15) is 92.9 Å². The molecular weight excluding hydrogens is 446 g/mol. The van der Waals surface area contributed by atoms with Crippen LogP contribution < -0.4 is 0 Å². The maximum Gasteiger partial charge on any atom is 0.227 e. The molecule has 0 heterocycles. The molecule has 0 aromatic heterocycles. The Morgan fingerprint density at radius 2 is 1.69 bits per heavy atom. The predicted octanol–water partition coefficient (Wildman–Crippen LogP) is 7.09. The largest absolute Gasteiger partial charge is 0.504 e. The van der Waals surface area contributed by atoms with Crippen LogP contribution in [0.3, 0.4) is 0 Å². The van der Waals surface area contributed by atoms with Crippen molar-refractivity contribution in [2.24, 2.45) is 33.0 Å². The third kappa shape index (κ3) is 2.99. The summed E-state index contributed by atoms with van der Waals surface area (Å²) in [5.74, 6) is 0.387. The number of carbonyl (C=O) groups excluding carboxylic acids is 2. The number of fused-ring (bicyclic) bond motifs is 7. The van der Waals surface area contributed by atoms with Crippen molar-refractivity contribution >= 4 is 11.7 Å². The minimum Gasteiger partial charge on any atom is -0.504 e. The van der Waals surface area contributed by atoms with Gasteiger partial charge in [0.15, 0.2) is 5.76 Å². The van der Waals surface area contributed by atoms with E-state index in [0.717, 1.165) is 56.1 Å². The molecule has 4 heteroatoms. The van der Waals surface area contributed by atoms with Gasteiger partial charge in [0.1, 0.15) is 0 Å². The van der Waals surface area contributed by atoms with Gasteiger partial charge in [0.25, 0.3) is 0 Å². The van der Waals surface area contributed by atoms with Crippen molar-refractivity contribution in [1.29, 1.82) is 0 Å². The van der Waals surface area contributed by atoms with E-state index in [-0.39, 0.29) is 44.5 Å². The maximum atomic E-state index is 13.4. The van der Waals surface area contributed by atoms with Crippen LogP contribution in [-0.2, 0) is 9.59 Å². The Morgan fingerprint density at radius 3 is 2.33 bits per heavy atom. The fraction of sp³-hybridized carbons (Fsp3) is 0.688. The van der Waals surface area contributed by atoms with Crippen molar-refractivity contribution in [2.75, 3.05) is 14.1 Å². The van der Waals surface area contributed by atoms with Crippen LogP contribution in [0, 0.1) is 33.0 Å². The van der Waals surface area contributed by atoms with Gasteiger partial charge in [-0.2, -0.15) is 0 Å². The molecule has 4 nitrogen and oxygen atoms in total. The second-order valence-electron chi connectivity index (χ2n) is 13.9. The first-order chi connectivity index (χ1) is 16.7. The predicted molar refractivity (Wildman–Crippen MR) is 144 cm³/mol. The third-order valence-electron chi connectivity index (χ3n) is 12.1. The second kappa shape index (κ2) is 7.71. The van der Waals surface area contributed by atoms with Gasteiger partial charge in [0, 0.05) is 30.5 Å². The number of rotatable bonds is 2. The summed E-state index contributed by atoms with van der Waals surface area (Å²) in [7, 11) is 3.80. The van der Waals surface area contributed by atoms with Crippen molar-refractivity contribution in [2.45, 2.75) is 92.9 Å². The lowest BCUT2D eigenvalue weighted by atomic mass is 9.33. The summed E-state index contributed by atoms with van der Waals surface area (Å²) in [5, 5.41) is 10.4. The zero-order valence-corrected chi connectivity index (χ0v) is 23.7. The molecule has 1 amide bonds. The first kappa shape index (κ1) is 25.5. The number of ketones is 1. The van der Waals surface area contributed by atoms with E-state index in [1.807, 2.05) is 21.0 Å². The molecule has 0 saturated heterocycles. The molecule has 0 aromatic carbocycles. The summed E-state index contributed by atoms with van der Waals surface area (Å²) in [6.45, 7) is 13.8. The monoisotopic (exact) mass is 491 g/mol. The number of allylic oxidation sites excluding steroid dienone is 7. The Morgan fingerprint density at radius 1 is 1.03 bits per heavy atom. The van der Waals surface area contributed by atoms with E-state index in [4.69, 9.17) is 0 Å². The molecule has 3 fully saturated rings. The number of amides is 1. The van der Waals surface area contributed by atoms with E-state index in [0.29, 0.717) is 11.5 Å². The van der Waals surface area contributed by atoms with Gasteiger partial charge in [0.2, 0.25) is 11.7 Å². The van der Waals surface area contributed by atoms with E-state index in [2.05, 4.69) is 46.8 Å². The number of hydrogen-bond acceptors (Lipinski definition) is 3. The first-order valence-corrected chi connectivity index (χ1v) is 14.0. The van der Waals surface area contributed by atoms with E-state index in [1.165, 1.54) is 12.0 Å². The van der Waals surface area contributed by atoms with Crippen LogP contribution in [0.15, 0.2) is 46.3 Å². The Kier molecular flexibility index (Phi) is 5.47. The van der Waals surface area contributed by atoms with Gasteiger partial charge in [-0.15, -0.1) is 0 Å². The lowest BCUT2D eigenvalue weighted by Gasteiger charge is -2.71. The van der Waals surface area contributed by atoms with Crippen molar-refractivity contribution in [3.8, 4) is 0 Å². The van der Waals surface area contributed by atoms with Gasteiger partial charge < -0.3 is 10.0 Å². The second-order valence-corrected chi connectivity index (χ2v) is 13.9. The highest BCUT2D eigenvalue weighted by atomic mass is 16.3. The fourth-order valence-electron chi connectivity index (χ4n) is 9.76. The average molecular weight is 492 g/mol. The number of hydrogen-bond donors (Lipinski definition) is 1. The summed E-state index contributed by atoms with van der Waals surface area (Å²) in [4.78, 5) is 27.9. The standard InChI is InChI=1S/C32H45NO3/c1-9-32-17-15-30(5)22-18-23(34)26(35)20(2)21(22)10-11-24(30)31(32,6)16-14-28(3)12-13-29(4,19-25(28)32)27(36)33(7)8/h10-11,18,25,35H,9,12-17,19H2,1-8H3/t25-,28-,29-,30+,31-,32+/m1/s1. The normalized spacial score (nSPS) is 43.8. The van der Waals surface area contributed by atoms with Crippen LogP contribution >= 0.6 is 0 Å². The van der Waals surface area contributed by atoms with Gasteiger partial charge in [-0.05, 0) is 97.7 Å². The minimum atomic E-state index is -0.305. The number of aliphatic hydroxyl groups is 1. The molecule has 196 valence electrons. The van der Waals surface area contributed by atoms with Gasteiger partial charge in [-0.1, -0.05) is 52.3 Å². The third-order valence-corrected chi connectivity index (χ3v) is 12.1. The summed E-state index contributed by atoms with van der Waals surface area (Å²) < 4.78 is 0. The van der Waals surface area contributed by atoms with Gasteiger partial charge >= 0.3 is 0 Å². The van der Waals surface area contributed by atoms with Crippen LogP contribution in [0.5, 0.6) is 0 Å². The van der Waals surface area contributed by atoms with Crippen molar-refractivity contribution in [1.82, 2.24) is 4.90 Å². The van der Waals surface area contributed by atoms with Crippen LogP contribution in [0.2, 0.25) is 0 Å². The molecule has 36 heavy (non-hydrogen) atoms. The minimum absolute atomic E-state index is 0.00136. The Labute approximate surface area is 217 Å². The summed E-state index contributed by atoms with van der Waals surface area (Å²) in [6, 6.07) is 0. The van der Waals surface area contributed by atoms with Gasteiger partial charge in [0.05, 0.1) is 0 Å². The van der Waals surface area contributed by atoms with Crippen molar-refractivity contribution < 1.29 is 14.7 Å². The first-order valence-electron chi connectivity index (χ1n) is 14.0. The molecule has 5 rings (SSSR count). The molecule has 3 saturated carbocycles. The maximum absolute atomic E-state index is 13.4. The molecule has 6 atom stereocenters. The van der Waals surface area contributed by atoms with E-state index < -0.39 is 0 Å². The molecular formula is C32H45NO3. The highest BCUT2D eigenvalue weighted by molar-refractivity contribution is 6.06. The molecule has 0 bridgehead atoms. The summed E-state index contributed by atoms with van der Waals surface area (Å²) in [5.41, 5.74) is 4.15. The summed E-state index contributed by atoms with van der Waals surface area (Å²) in [6.07, 6.45) is 14.8. The zero-order chi connectivity index (χ0) is 26.5. The summed E-state index contributed by atoms with van der Waals surface area (Å²) >= 11 is 0. The van der Waals surface area contributed by atoms with E-state index in [9.17, 15) is 14.7 Å².